The SMILES string of the molecule is CC(C)OC(=O)C(C)NP(=O)(OCC1OC(n2ccc(N)nc2=S)C(F)(C(F)(F)F)C1O)Oc1ccccc1. The smallest absolute Gasteiger partial charge is 0.459 e. The predicted molar refractivity (Wildman–Crippen MR) is 132 cm³/mol. The second-order valence-corrected chi connectivity index (χ2v) is 10.9. The number of ether oxygens (including phenoxy) is 2. The van der Waals surface area contributed by atoms with Crippen LogP contribution >= 0.6 is 20.0 Å². The minimum absolute atomic E-state index is 0.0120. The quantitative estimate of drug-likeness (QED) is 0.159. The normalized spacial score (nSPS) is 25.7. The lowest BCUT2D eigenvalue weighted by Gasteiger charge is -2.31. The van der Waals surface area contributed by atoms with Crippen molar-refractivity contribution in [1.29, 1.82) is 0 Å². The maximum Gasteiger partial charge on any atom is 0.459 e. The van der Waals surface area contributed by atoms with E-state index >= 15 is 4.39 Å². The van der Waals surface area contributed by atoms with Gasteiger partial charge in [-0.3, -0.25) is 13.9 Å². The van der Waals surface area contributed by atoms with Crippen molar-refractivity contribution in [3.63, 3.8) is 0 Å². The van der Waals surface area contributed by atoms with Crippen LogP contribution in [0, 0.1) is 4.77 Å². The number of halogens is 4. The molecule has 6 unspecified atom stereocenters. The summed E-state index contributed by atoms with van der Waals surface area (Å²) in [5.41, 5.74) is 1.11. The number of rotatable bonds is 10. The number of aromatic nitrogens is 2. The molecule has 0 spiro atoms. The van der Waals surface area contributed by atoms with Gasteiger partial charge in [0.05, 0.1) is 12.7 Å². The molecule has 6 atom stereocenters. The summed E-state index contributed by atoms with van der Waals surface area (Å²) in [7, 11) is -4.57. The van der Waals surface area contributed by atoms with Gasteiger partial charge in [0.25, 0.3) is 5.67 Å². The van der Waals surface area contributed by atoms with Crippen molar-refractivity contribution in [2.24, 2.45) is 0 Å². The Hall–Kier alpha value is -2.62. The zero-order chi connectivity index (χ0) is 29.2. The highest BCUT2D eigenvalue weighted by atomic mass is 32.1. The first kappa shape index (κ1) is 30.9. The summed E-state index contributed by atoms with van der Waals surface area (Å²) < 4.78 is 92.0. The van der Waals surface area contributed by atoms with Gasteiger partial charge in [-0.25, -0.2) is 13.9 Å². The van der Waals surface area contributed by atoms with Gasteiger partial charge in [0.1, 0.15) is 29.8 Å². The molecule has 216 valence electrons. The van der Waals surface area contributed by atoms with E-state index in [4.69, 9.17) is 36.5 Å². The van der Waals surface area contributed by atoms with Crippen molar-refractivity contribution in [1.82, 2.24) is 14.6 Å². The lowest BCUT2D eigenvalue weighted by atomic mass is 9.95. The first-order chi connectivity index (χ1) is 18.1. The Kier molecular flexibility index (Phi) is 9.40. The van der Waals surface area contributed by atoms with Crippen molar-refractivity contribution in [2.75, 3.05) is 12.3 Å². The van der Waals surface area contributed by atoms with E-state index in [-0.39, 0.29) is 11.6 Å². The van der Waals surface area contributed by atoms with E-state index in [0.717, 1.165) is 12.3 Å². The lowest BCUT2D eigenvalue weighted by molar-refractivity contribution is -0.273. The minimum atomic E-state index is -5.64. The first-order valence-electron chi connectivity index (χ1n) is 11.5. The van der Waals surface area contributed by atoms with Crippen LogP contribution in [-0.2, 0) is 23.4 Å². The van der Waals surface area contributed by atoms with Gasteiger partial charge in [0, 0.05) is 6.20 Å². The molecule has 11 nitrogen and oxygen atoms in total. The highest BCUT2D eigenvalue weighted by Crippen LogP contribution is 2.53. The van der Waals surface area contributed by atoms with Gasteiger partial charge in [-0.05, 0) is 51.2 Å². The van der Waals surface area contributed by atoms with E-state index in [1.54, 1.807) is 19.9 Å². The number of anilines is 1. The van der Waals surface area contributed by atoms with E-state index in [9.17, 15) is 27.6 Å². The number of aliphatic hydroxyl groups is 1. The number of aliphatic hydroxyl groups excluding tert-OH is 1. The summed E-state index contributed by atoms with van der Waals surface area (Å²) in [6, 6.07) is 7.31. The molecule has 0 amide bonds. The third-order valence-electron chi connectivity index (χ3n) is 5.42. The number of esters is 1. The molecule has 1 aromatic carbocycles. The number of nitrogens with two attached hydrogens (primary N) is 1. The average Bonchev–Trinajstić information content (AvgIpc) is 3.09. The number of hydrogen-bond donors (Lipinski definition) is 3. The molecule has 0 bridgehead atoms. The van der Waals surface area contributed by atoms with E-state index < -0.39 is 67.5 Å². The summed E-state index contributed by atoms with van der Waals surface area (Å²) >= 11 is 4.90. The molecule has 2 aromatic rings. The Morgan fingerprint density at radius 2 is 1.95 bits per heavy atom. The molecule has 1 aromatic heterocycles. The van der Waals surface area contributed by atoms with Gasteiger partial charge in [0.15, 0.2) is 6.23 Å². The third kappa shape index (κ3) is 6.94. The number of carbonyl (C=O) groups is 1. The second-order valence-electron chi connectivity index (χ2n) is 8.81. The summed E-state index contributed by atoms with van der Waals surface area (Å²) in [6.07, 6.45) is -12.6. The molecular weight excluding hydrogens is 571 g/mol. The topological polar surface area (TPSA) is 147 Å². The summed E-state index contributed by atoms with van der Waals surface area (Å²) in [4.78, 5) is 15.9. The average molecular weight is 599 g/mol. The van der Waals surface area contributed by atoms with Crippen LogP contribution in [0.15, 0.2) is 42.6 Å². The van der Waals surface area contributed by atoms with Gasteiger partial charge >= 0.3 is 19.9 Å². The van der Waals surface area contributed by atoms with Crippen LogP contribution in [0.3, 0.4) is 0 Å². The van der Waals surface area contributed by atoms with E-state index in [2.05, 4.69) is 10.1 Å². The number of para-hydroxylation sites is 1. The van der Waals surface area contributed by atoms with Gasteiger partial charge in [-0.2, -0.15) is 18.3 Å². The van der Waals surface area contributed by atoms with Crippen molar-refractivity contribution in [3.05, 3.63) is 47.4 Å². The zero-order valence-electron chi connectivity index (χ0n) is 20.9. The van der Waals surface area contributed by atoms with E-state index in [1.165, 1.54) is 31.2 Å². The number of nitrogen functional groups attached to an aromatic ring is 1. The summed E-state index contributed by atoms with van der Waals surface area (Å²) in [6.45, 7) is 3.41. The number of benzene rings is 1. The number of hydrogen-bond acceptors (Lipinski definition) is 10. The largest absolute Gasteiger partial charge is 0.462 e. The van der Waals surface area contributed by atoms with Crippen LogP contribution in [0.4, 0.5) is 23.4 Å². The van der Waals surface area contributed by atoms with Gasteiger partial charge in [0.2, 0.25) is 4.77 Å². The maximum absolute atomic E-state index is 15.6. The Morgan fingerprint density at radius 3 is 2.51 bits per heavy atom. The van der Waals surface area contributed by atoms with Crippen LogP contribution < -0.4 is 15.3 Å². The number of carbonyl (C=O) groups excluding carboxylic acids is 1. The standard InChI is InChI=1S/C22H27F4N4O7PS/c1-12(2)35-18(32)13(3)29-38(33,37-14-7-5-4-6-8-14)34-11-15-17(31)21(23,22(24,25)26)19(36-15)30-10-9-16(27)28-20(30)39/h4-10,12-13,15,17,19,31H,11H2,1-3H3,(H,29,33)(H2,27,28,39). The van der Waals surface area contributed by atoms with Crippen LogP contribution in [-0.4, -0.2) is 63.4 Å². The Labute approximate surface area is 225 Å². The summed E-state index contributed by atoms with van der Waals surface area (Å²) in [5, 5.41) is 12.8. The van der Waals surface area contributed by atoms with Crippen molar-refractivity contribution in [3.8, 4) is 5.75 Å². The molecule has 0 aliphatic carbocycles. The third-order valence-corrected chi connectivity index (χ3v) is 7.36. The van der Waals surface area contributed by atoms with Crippen molar-refractivity contribution >= 4 is 31.8 Å². The molecule has 0 radical (unpaired) electrons. The highest BCUT2D eigenvalue weighted by Gasteiger charge is 2.73. The van der Waals surface area contributed by atoms with Crippen LogP contribution in [0.1, 0.15) is 27.0 Å². The molecule has 2 heterocycles. The molecule has 1 aliphatic heterocycles. The molecule has 3 rings (SSSR count). The van der Waals surface area contributed by atoms with Gasteiger partial charge in [-0.15, -0.1) is 0 Å². The predicted octanol–water partition coefficient (Wildman–Crippen LogP) is 3.86. The Morgan fingerprint density at radius 1 is 1.31 bits per heavy atom. The molecule has 1 aliphatic rings. The fourth-order valence-corrected chi connectivity index (χ4v) is 5.34. The summed E-state index contributed by atoms with van der Waals surface area (Å²) in [5.74, 6) is -0.952. The molecule has 17 heteroatoms. The monoisotopic (exact) mass is 598 g/mol. The fourth-order valence-electron chi connectivity index (χ4n) is 3.57. The second kappa shape index (κ2) is 11.9. The van der Waals surface area contributed by atoms with Crippen LogP contribution in [0.2, 0.25) is 0 Å². The van der Waals surface area contributed by atoms with E-state index in [0.29, 0.717) is 4.57 Å². The van der Waals surface area contributed by atoms with Gasteiger partial charge < -0.3 is 24.8 Å². The number of nitrogens with one attached hydrogen (secondary N) is 1. The van der Waals surface area contributed by atoms with E-state index in [1.807, 2.05) is 0 Å². The molecule has 1 saturated heterocycles. The number of nitrogens with zero attached hydrogens (tertiary/aromatic N) is 2. The lowest BCUT2D eigenvalue weighted by Crippen LogP contribution is -2.54. The van der Waals surface area contributed by atoms with Crippen LogP contribution in [0.25, 0.3) is 0 Å². The molecule has 1 fully saturated rings. The zero-order valence-corrected chi connectivity index (χ0v) is 22.6. The molecular formula is C22H27F4N4O7PS. The number of alkyl halides is 4. The molecule has 39 heavy (non-hydrogen) atoms. The maximum atomic E-state index is 15.6. The van der Waals surface area contributed by atoms with Crippen LogP contribution in [0.5, 0.6) is 5.75 Å². The molecule has 0 saturated carbocycles. The minimum Gasteiger partial charge on any atom is -0.462 e. The molecule has 4 N–H and O–H groups in total. The first-order valence-corrected chi connectivity index (χ1v) is 13.4. The Balaban J connectivity index is 1.89. The Bertz CT molecular complexity index is 1270. The van der Waals surface area contributed by atoms with Crippen molar-refractivity contribution < 1.29 is 50.5 Å². The highest BCUT2D eigenvalue weighted by molar-refractivity contribution is 7.71. The van der Waals surface area contributed by atoms with Gasteiger partial charge in [-0.1, -0.05) is 18.2 Å². The van der Waals surface area contributed by atoms with Crippen molar-refractivity contribution in [2.45, 2.75) is 63.2 Å². The fraction of sp³-hybridized carbons (Fsp3) is 0.500.